The van der Waals surface area contributed by atoms with Crippen molar-refractivity contribution in [3.8, 4) is 0 Å². The highest BCUT2D eigenvalue weighted by Crippen LogP contribution is 2.18. The Kier molecular flexibility index (Phi) is 5.64. The van der Waals surface area contributed by atoms with Crippen molar-refractivity contribution in [3.63, 3.8) is 0 Å². The van der Waals surface area contributed by atoms with E-state index in [1.807, 2.05) is 19.2 Å². The molecule has 1 atom stereocenters. The van der Waals surface area contributed by atoms with Crippen molar-refractivity contribution in [2.24, 2.45) is 5.92 Å². The highest BCUT2D eigenvalue weighted by molar-refractivity contribution is 5.76. The first kappa shape index (κ1) is 14.2. The van der Waals surface area contributed by atoms with Crippen LogP contribution in [0.3, 0.4) is 0 Å². The largest absolute Gasteiger partial charge is 0.397 e. The van der Waals surface area contributed by atoms with Gasteiger partial charge in [0.25, 0.3) is 0 Å². The zero-order valence-corrected chi connectivity index (χ0v) is 8.77. The molecular weight excluding hydrogens is 211 g/mol. The third-order valence-corrected chi connectivity index (χ3v) is 1.64. The van der Waals surface area contributed by atoms with E-state index in [1.165, 1.54) is 0 Å². The van der Waals surface area contributed by atoms with E-state index >= 15 is 0 Å². The standard InChI is InChI=1S/C9H16F3NO2/c1-6(2)3-7(14)5-13-8(15)4-9(10,11)12/h6-7,14H,3-5H2,1-2H3,(H,13,15). The maximum absolute atomic E-state index is 11.7. The molecule has 0 aliphatic heterocycles. The fraction of sp³-hybridized carbons (Fsp3) is 0.889. The summed E-state index contributed by atoms with van der Waals surface area (Å²) in [7, 11) is 0. The second kappa shape index (κ2) is 5.95. The van der Waals surface area contributed by atoms with Crippen LogP contribution in [0.1, 0.15) is 26.7 Å². The fourth-order valence-corrected chi connectivity index (χ4v) is 1.10. The van der Waals surface area contributed by atoms with Crippen LogP contribution in [0.25, 0.3) is 0 Å². The smallest absolute Gasteiger partial charge is 0.391 e. The van der Waals surface area contributed by atoms with Gasteiger partial charge in [0.15, 0.2) is 0 Å². The number of aliphatic hydroxyl groups excluding tert-OH is 1. The van der Waals surface area contributed by atoms with Crippen molar-refractivity contribution in [1.29, 1.82) is 0 Å². The number of aliphatic hydroxyl groups is 1. The summed E-state index contributed by atoms with van der Waals surface area (Å²) in [5.41, 5.74) is 0. The van der Waals surface area contributed by atoms with Crippen LogP contribution in [-0.2, 0) is 4.79 Å². The number of alkyl halides is 3. The first-order valence-corrected chi connectivity index (χ1v) is 4.72. The number of hydrogen-bond acceptors (Lipinski definition) is 2. The molecule has 0 spiro atoms. The third-order valence-electron chi connectivity index (χ3n) is 1.64. The fourth-order valence-electron chi connectivity index (χ4n) is 1.10. The van der Waals surface area contributed by atoms with Gasteiger partial charge in [0, 0.05) is 6.54 Å². The molecule has 2 N–H and O–H groups in total. The maximum atomic E-state index is 11.7. The van der Waals surface area contributed by atoms with E-state index in [0.29, 0.717) is 6.42 Å². The number of amides is 1. The highest BCUT2D eigenvalue weighted by atomic mass is 19.4. The van der Waals surface area contributed by atoms with Crippen molar-refractivity contribution >= 4 is 5.91 Å². The summed E-state index contributed by atoms with van der Waals surface area (Å²) < 4.78 is 35.2. The van der Waals surface area contributed by atoms with E-state index in [-0.39, 0.29) is 12.5 Å². The normalized spacial score (nSPS) is 14.1. The summed E-state index contributed by atoms with van der Waals surface area (Å²) in [5.74, 6) is -0.871. The molecular formula is C9H16F3NO2. The number of hydrogen-bond donors (Lipinski definition) is 2. The third kappa shape index (κ3) is 9.52. The monoisotopic (exact) mass is 227 g/mol. The van der Waals surface area contributed by atoms with E-state index in [1.54, 1.807) is 0 Å². The van der Waals surface area contributed by atoms with Crippen molar-refractivity contribution in [2.45, 2.75) is 39.0 Å². The Morgan fingerprint density at radius 1 is 1.40 bits per heavy atom. The number of carbonyl (C=O) groups is 1. The summed E-state index contributed by atoms with van der Waals surface area (Å²) in [4.78, 5) is 10.7. The van der Waals surface area contributed by atoms with E-state index in [9.17, 15) is 23.1 Å². The van der Waals surface area contributed by atoms with Crippen LogP contribution in [0.2, 0.25) is 0 Å². The zero-order chi connectivity index (χ0) is 12.1. The molecule has 0 fully saturated rings. The molecule has 0 saturated carbocycles. The summed E-state index contributed by atoms with van der Waals surface area (Å²) in [5, 5.41) is 11.3. The molecule has 0 bridgehead atoms. The summed E-state index contributed by atoms with van der Waals surface area (Å²) in [6.07, 6.45) is -6.33. The van der Waals surface area contributed by atoms with Crippen LogP contribution in [0.5, 0.6) is 0 Å². The molecule has 0 heterocycles. The molecule has 0 aromatic rings. The van der Waals surface area contributed by atoms with Gasteiger partial charge >= 0.3 is 6.18 Å². The van der Waals surface area contributed by atoms with Gasteiger partial charge in [-0.1, -0.05) is 13.8 Å². The van der Waals surface area contributed by atoms with Gasteiger partial charge in [-0.3, -0.25) is 4.79 Å². The quantitative estimate of drug-likeness (QED) is 0.747. The average molecular weight is 227 g/mol. The molecule has 6 heteroatoms. The predicted octanol–water partition coefficient (Wildman–Crippen LogP) is 1.46. The SMILES string of the molecule is CC(C)CC(O)CNC(=O)CC(F)(F)F. The van der Waals surface area contributed by atoms with Crippen LogP contribution in [0, 0.1) is 5.92 Å². The molecule has 0 rings (SSSR count). The van der Waals surface area contributed by atoms with Crippen LogP contribution >= 0.6 is 0 Å². The Labute approximate surface area is 86.7 Å². The zero-order valence-electron chi connectivity index (χ0n) is 8.77. The topological polar surface area (TPSA) is 49.3 Å². The minimum atomic E-state index is -4.49. The molecule has 3 nitrogen and oxygen atoms in total. The highest BCUT2D eigenvalue weighted by Gasteiger charge is 2.31. The summed E-state index contributed by atoms with van der Waals surface area (Å²) >= 11 is 0. The molecule has 0 aromatic carbocycles. The second-order valence-electron chi connectivity index (χ2n) is 3.88. The van der Waals surface area contributed by atoms with Gasteiger partial charge in [0.1, 0.15) is 6.42 Å². The van der Waals surface area contributed by atoms with Gasteiger partial charge in [-0.2, -0.15) is 13.2 Å². The first-order valence-electron chi connectivity index (χ1n) is 4.72. The molecule has 0 aromatic heterocycles. The van der Waals surface area contributed by atoms with E-state index < -0.39 is 24.6 Å². The minimum Gasteiger partial charge on any atom is -0.391 e. The molecule has 1 unspecified atom stereocenters. The second-order valence-corrected chi connectivity index (χ2v) is 3.88. The Hall–Kier alpha value is -0.780. The Morgan fingerprint density at radius 2 is 1.93 bits per heavy atom. The van der Waals surface area contributed by atoms with Crippen molar-refractivity contribution < 1.29 is 23.1 Å². The van der Waals surface area contributed by atoms with Gasteiger partial charge in [-0.25, -0.2) is 0 Å². The lowest BCUT2D eigenvalue weighted by Gasteiger charge is -2.14. The van der Waals surface area contributed by atoms with E-state index in [0.717, 1.165) is 0 Å². The Morgan fingerprint density at radius 3 is 2.33 bits per heavy atom. The molecule has 15 heavy (non-hydrogen) atoms. The molecule has 0 radical (unpaired) electrons. The van der Waals surface area contributed by atoms with Crippen LogP contribution in [0.15, 0.2) is 0 Å². The van der Waals surface area contributed by atoms with Crippen LogP contribution in [-0.4, -0.2) is 29.8 Å². The number of halogens is 3. The van der Waals surface area contributed by atoms with Crippen LogP contribution in [0.4, 0.5) is 13.2 Å². The number of rotatable bonds is 5. The molecule has 90 valence electrons. The van der Waals surface area contributed by atoms with Crippen molar-refractivity contribution in [3.05, 3.63) is 0 Å². The van der Waals surface area contributed by atoms with Gasteiger partial charge in [0.05, 0.1) is 6.10 Å². The molecule has 0 aliphatic carbocycles. The van der Waals surface area contributed by atoms with E-state index in [2.05, 4.69) is 0 Å². The lowest BCUT2D eigenvalue weighted by molar-refractivity contribution is -0.154. The minimum absolute atomic E-state index is 0.132. The Bertz CT molecular complexity index is 204. The van der Waals surface area contributed by atoms with Gasteiger partial charge < -0.3 is 10.4 Å². The maximum Gasteiger partial charge on any atom is 0.397 e. The lowest BCUT2D eigenvalue weighted by Crippen LogP contribution is -2.35. The molecule has 1 amide bonds. The lowest BCUT2D eigenvalue weighted by atomic mass is 10.1. The Balaban J connectivity index is 3.72. The van der Waals surface area contributed by atoms with Crippen LogP contribution < -0.4 is 5.32 Å². The van der Waals surface area contributed by atoms with Gasteiger partial charge in [0.2, 0.25) is 5.91 Å². The summed E-state index contributed by atoms with van der Waals surface area (Å²) in [6, 6.07) is 0. The van der Waals surface area contributed by atoms with Crippen molar-refractivity contribution in [1.82, 2.24) is 5.32 Å². The number of carbonyl (C=O) groups excluding carboxylic acids is 1. The average Bonchev–Trinajstić information content (AvgIpc) is 1.96. The van der Waals surface area contributed by atoms with E-state index in [4.69, 9.17) is 0 Å². The van der Waals surface area contributed by atoms with Crippen molar-refractivity contribution in [2.75, 3.05) is 6.54 Å². The first-order chi connectivity index (χ1) is 6.70. The molecule has 0 aliphatic rings. The van der Waals surface area contributed by atoms with Gasteiger partial charge in [-0.05, 0) is 12.3 Å². The molecule has 0 saturated heterocycles. The summed E-state index contributed by atoms with van der Waals surface area (Å²) in [6.45, 7) is 3.62. The number of nitrogens with one attached hydrogen (secondary N) is 1. The predicted molar refractivity (Wildman–Crippen MR) is 49.1 cm³/mol. The van der Waals surface area contributed by atoms with Gasteiger partial charge in [-0.15, -0.1) is 0 Å².